The van der Waals surface area contributed by atoms with Crippen LogP contribution in [-0.2, 0) is 12.8 Å². The average molecular weight is 149 g/mol. The maximum atomic E-state index is 4.51. The van der Waals surface area contributed by atoms with Crippen molar-refractivity contribution in [1.29, 1.82) is 0 Å². The fourth-order valence-electron chi connectivity index (χ4n) is 1.17. The van der Waals surface area contributed by atoms with E-state index in [1.165, 1.54) is 17.0 Å². The minimum atomic E-state index is 1.04. The van der Waals surface area contributed by atoms with Crippen LogP contribution in [0.1, 0.15) is 30.8 Å². The predicted molar refractivity (Wildman–Crippen MR) is 47.7 cm³/mol. The highest BCUT2D eigenvalue weighted by Crippen LogP contribution is 2.07. The molecule has 60 valence electrons. The second kappa shape index (κ2) is 3.51. The third kappa shape index (κ3) is 1.79. The van der Waals surface area contributed by atoms with E-state index in [4.69, 9.17) is 0 Å². The summed E-state index contributed by atoms with van der Waals surface area (Å²) >= 11 is 0. The third-order valence-electron chi connectivity index (χ3n) is 1.96. The van der Waals surface area contributed by atoms with Crippen molar-refractivity contribution in [3.8, 4) is 0 Å². The van der Waals surface area contributed by atoms with Gasteiger partial charge in [0.2, 0.25) is 0 Å². The number of aromatic nitrogens is 1. The van der Waals surface area contributed by atoms with E-state index in [1.54, 1.807) is 0 Å². The zero-order valence-electron chi connectivity index (χ0n) is 7.52. The Morgan fingerprint density at radius 3 is 2.45 bits per heavy atom. The second-order valence-corrected chi connectivity index (χ2v) is 2.77. The fourth-order valence-corrected chi connectivity index (χ4v) is 1.17. The maximum absolute atomic E-state index is 4.51. The van der Waals surface area contributed by atoms with Gasteiger partial charge in [0.1, 0.15) is 0 Å². The van der Waals surface area contributed by atoms with Gasteiger partial charge in [0, 0.05) is 11.4 Å². The van der Waals surface area contributed by atoms with Crippen molar-refractivity contribution < 1.29 is 0 Å². The predicted octanol–water partition coefficient (Wildman–Crippen LogP) is 2.51. The monoisotopic (exact) mass is 149 g/mol. The van der Waals surface area contributed by atoms with Crippen LogP contribution in [0.15, 0.2) is 12.1 Å². The quantitative estimate of drug-likeness (QED) is 0.629. The molecule has 0 aliphatic heterocycles. The summed E-state index contributed by atoms with van der Waals surface area (Å²) < 4.78 is 0. The van der Waals surface area contributed by atoms with E-state index in [9.17, 15) is 0 Å². The summed E-state index contributed by atoms with van der Waals surface area (Å²) in [4.78, 5) is 4.51. The Kier molecular flexibility index (Phi) is 2.64. The number of rotatable bonds is 2. The topological polar surface area (TPSA) is 12.9 Å². The number of hydrogen-bond donors (Lipinski definition) is 0. The first-order chi connectivity index (χ1) is 5.27. The van der Waals surface area contributed by atoms with E-state index in [0.29, 0.717) is 0 Å². The van der Waals surface area contributed by atoms with Crippen molar-refractivity contribution in [3.63, 3.8) is 0 Å². The van der Waals surface area contributed by atoms with Gasteiger partial charge in [-0.3, -0.25) is 4.98 Å². The first kappa shape index (κ1) is 8.25. The Morgan fingerprint density at radius 2 is 1.91 bits per heavy atom. The molecule has 0 bridgehead atoms. The van der Waals surface area contributed by atoms with Gasteiger partial charge in [-0.1, -0.05) is 19.9 Å². The van der Waals surface area contributed by atoms with Crippen LogP contribution in [0.5, 0.6) is 0 Å². The van der Waals surface area contributed by atoms with E-state index in [2.05, 4.69) is 37.9 Å². The summed E-state index contributed by atoms with van der Waals surface area (Å²) in [6.07, 6.45) is 2.08. The Balaban J connectivity index is 3.02. The van der Waals surface area contributed by atoms with Gasteiger partial charge in [-0.15, -0.1) is 0 Å². The lowest BCUT2D eigenvalue weighted by atomic mass is 10.1. The Morgan fingerprint density at radius 1 is 1.18 bits per heavy atom. The molecule has 1 aromatic rings. The van der Waals surface area contributed by atoms with Crippen LogP contribution in [0.3, 0.4) is 0 Å². The molecule has 11 heavy (non-hydrogen) atoms. The molecule has 1 heteroatoms. The molecule has 0 fully saturated rings. The molecule has 1 nitrogen and oxygen atoms in total. The summed E-state index contributed by atoms with van der Waals surface area (Å²) in [5, 5.41) is 0. The highest BCUT2D eigenvalue weighted by atomic mass is 14.7. The number of nitrogens with zero attached hydrogens (tertiary/aromatic N) is 1. The maximum Gasteiger partial charge on any atom is 0.0433 e. The third-order valence-corrected chi connectivity index (χ3v) is 1.96. The van der Waals surface area contributed by atoms with Gasteiger partial charge in [-0.25, -0.2) is 0 Å². The van der Waals surface area contributed by atoms with Crippen LogP contribution < -0.4 is 0 Å². The number of aryl methyl sites for hydroxylation is 3. The lowest BCUT2D eigenvalue weighted by molar-refractivity contribution is 0.938. The van der Waals surface area contributed by atoms with Crippen LogP contribution in [0.4, 0.5) is 0 Å². The van der Waals surface area contributed by atoms with Crippen molar-refractivity contribution in [3.05, 3.63) is 29.1 Å². The molecular formula is C10H15N. The van der Waals surface area contributed by atoms with E-state index >= 15 is 0 Å². The number of pyridine rings is 1. The smallest absolute Gasteiger partial charge is 0.0433 e. The van der Waals surface area contributed by atoms with Crippen molar-refractivity contribution in [2.45, 2.75) is 33.6 Å². The zero-order valence-corrected chi connectivity index (χ0v) is 7.52. The minimum Gasteiger partial charge on any atom is -0.258 e. The molecule has 0 saturated heterocycles. The van der Waals surface area contributed by atoms with Gasteiger partial charge < -0.3 is 0 Å². The standard InChI is InChI=1S/C10H15N/c1-4-9-7-6-8(3)10(5-2)11-9/h6-7H,4-5H2,1-3H3. The van der Waals surface area contributed by atoms with Gasteiger partial charge in [0.25, 0.3) is 0 Å². The van der Waals surface area contributed by atoms with Crippen molar-refractivity contribution >= 4 is 0 Å². The molecule has 0 amide bonds. The lowest BCUT2D eigenvalue weighted by Gasteiger charge is -2.03. The zero-order chi connectivity index (χ0) is 8.27. The summed E-state index contributed by atoms with van der Waals surface area (Å²) in [5.41, 5.74) is 3.75. The Hall–Kier alpha value is -0.850. The summed E-state index contributed by atoms with van der Waals surface area (Å²) in [6, 6.07) is 4.26. The fraction of sp³-hybridized carbons (Fsp3) is 0.500. The molecule has 0 aliphatic rings. The van der Waals surface area contributed by atoms with Gasteiger partial charge in [-0.2, -0.15) is 0 Å². The number of hydrogen-bond acceptors (Lipinski definition) is 1. The van der Waals surface area contributed by atoms with Gasteiger partial charge in [-0.05, 0) is 31.4 Å². The molecule has 0 radical (unpaired) electrons. The van der Waals surface area contributed by atoms with Crippen molar-refractivity contribution in [2.75, 3.05) is 0 Å². The van der Waals surface area contributed by atoms with E-state index in [1.807, 2.05) is 0 Å². The molecule has 0 saturated carbocycles. The van der Waals surface area contributed by atoms with Gasteiger partial charge >= 0.3 is 0 Å². The van der Waals surface area contributed by atoms with Crippen LogP contribution >= 0.6 is 0 Å². The van der Waals surface area contributed by atoms with Crippen molar-refractivity contribution in [2.24, 2.45) is 0 Å². The summed E-state index contributed by atoms with van der Waals surface area (Å²) in [7, 11) is 0. The molecule has 1 heterocycles. The second-order valence-electron chi connectivity index (χ2n) is 2.77. The lowest BCUT2D eigenvalue weighted by Crippen LogP contribution is -1.95. The highest BCUT2D eigenvalue weighted by molar-refractivity contribution is 5.21. The SMILES string of the molecule is CCc1ccc(C)c(CC)n1. The molecule has 0 spiro atoms. The van der Waals surface area contributed by atoms with Gasteiger partial charge in [0.05, 0.1) is 0 Å². The molecule has 1 rings (SSSR count). The molecule has 0 aromatic carbocycles. The molecule has 0 atom stereocenters. The van der Waals surface area contributed by atoms with E-state index in [-0.39, 0.29) is 0 Å². The van der Waals surface area contributed by atoms with E-state index in [0.717, 1.165) is 12.8 Å². The Labute approximate surface area is 68.5 Å². The molecule has 0 aliphatic carbocycles. The summed E-state index contributed by atoms with van der Waals surface area (Å²) in [6.45, 7) is 6.40. The average Bonchev–Trinajstić information content (AvgIpc) is 2.05. The van der Waals surface area contributed by atoms with Crippen LogP contribution in [-0.4, -0.2) is 4.98 Å². The van der Waals surface area contributed by atoms with Crippen LogP contribution in [0.2, 0.25) is 0 Å². The first-order valence-electron chi connectivity index (χ1n) is 4.23. The molecule has 0 unspecified atom stereocenters. The van der Waals surface area contributed by atoms with Gasteiger partial charge in [0.15, 0.2) is 0 Å². The molecular weight excluding hydrogens is 134 g/mol. The largest absolute Gasteiger partial charge is 0.258 e. The summed E-state index contributed by atoms with van der Waals surface area (Å²) in [5.74, 6) is 0. The molecule has 0 N–H and O–H groups in total. The van der Waals surface area contributed by atoms with Crippen molar-refractivity contribution in [1.82, 2.24) is 4.98 Å². The van der Waals surface area contributed by atoms with E-state index < -0.39 is 0 Å². The first-order valence-corrected chi connectivity index (χ1v) is 4.23. The minimum absolute atomic E-state index is 1.04. The normalized spacial score (nSPS) is 10.1. The van der Waals surface area contributed by atoms with Crippen LogP contribution in [0, 0.1) is 6.92 Å². The highest BCUT2D eigenvalue weighted by Gasteiger charge is 1.97. The molecule has 1 aromatic heterocycles. The Bertz CT molecular complexity index is 241. The van der Waals surface area contributed by atoms with Crippen LogP contribution in [0.25, 0.3) is 0 Å².